The molecule has 0 aliphatic heterocycles. The van der Waals surface area contributed by atoms with Crippen LogP contribution in [0.5, 0.6) is 5.75 Å². The van der Waals surface area contributed by atoms with Gasteiger partial charge < -0.3 is 9.84 Å². The summed E-state index contributed by atoms with van der Waals surface area (Å²) in [6.45, 7) is 4.30. The van der Waals surface area contributed by atoms with E-state index in [1.165, 1.54) is 0 Å². The number of hydrogen-bond donors (Lipinski definition) is 1. The molecule has 1 N–H and O–H groups in total. The van der Waals surface area contributed by atoms with Gasteiger partial charge in [0.2, 0.25) is 0 Å². The van der Waals surface area contributed by atoms with Crippen LogP contribution in [0.3, 0.4) is 0 Å². The fourth-order valence-electron chi connectivity index (χ4n) is 2.10. The van der Waals surface area contributed by atoms with E-state index in [4.69, 9.17) is 9.84 Å². The zero-order valence-corrected chi connectivity index (χ0v) is 12.0. The molecule has 0 fully saturated rings. The highest BCUT2D eigenvalue weighted by atomic mass is 16.5. The van der Waals surface area contributed by atoms with Gasteiger partial charge in [-0.3, -0.25) is 4.98 Å². The van der Waals surface area contributed by atoms with Crippen molar-refractivity contribution in [3.05, 3.63) is 65.0 Å². The Kier molecular flexibility index (Phi) is 4.72. The Morgan fingerprint density at radius 3 is 2.57 bits per heavy atom. The minimum Gasteiger partial charge on any atom is -0.487 e. The van der Waals surface area contributed by atoms with Crippen molar-refractivity contribution in [2.75, 3.05) is 0 Å². The Bertz CT molecular complexity index is 640. The maximum absolute atomic E-state index is 10.6. The number of rotatable bonds is 5. The monoisotopic (exact) mass is 283 g/mol. The van der Waals surface area contributed by atoms with Gasteiger partial charge in [0.25, 0.3) is 0 Å². The second-order valence-corrected chi connectivity index (χ2v) is 4.77. The fourth-order valence-corrected chi connectivity index (χ4v) is 2.10. The van der Waals surface area contributed by atoms with E-state index in [-0.39, 0.29) is 0 Å². The predicted molar refractivity (Wildman–Crippen MR) is 81.2 cm³/mol. The third kappa shape index (κ3) is 4.18. The van der Waals surface area contributed by atoms with E-state index >= 15 is 0 Å². The van der Waals surface area contributed by atoms with Crippen LogP contribution in [0.2, 0.25) is 0 Å². The van der Waals surface area contributed by atoms with Crippen LogP contribution >= 0.6 is 0 Å². The van der Waals surface area contributed by atoms with E-state index in [2.05, 4.69) is 4.98 Å². The molecule has 1 aromatic heterocycles. The summed E-state index contributed by atoms with van der Waals surface area (Å²) in [5.41, 5.74) is 3.65. The fraction of sp³-hybridized carbons (Fsp3) is 0.176. The molecule has 2 rings (SSSR count). The van der Waals surface area contributed by atoms with Gasteiger partial charge in [-0.05, 0) is 60.9 Å². The third-order valence-electron chi connectivity index (χ3n) is 2.99. The largest absolute Gasteiger partial charge is 0.487 e. The van der Waals surface area contributed by atoms with Crippen molar-refractivity contribution < 1.29 is 14.6 Å². The summed E-state index contributed by atoms with van der Waals surface area (Å²) in [5.74, 6) is -0.145. The predicted octanol–water partition coefficient (Wildman–Crippen LogP) is 3.38. The van der Waals surface area contributed by atoms with Crippen LogP contribution in [0.25, 0.3) is 6.08 Å². The second kappa shape index (κ2) is 6.70. The summed E-state index contributed by atoms with van der Waals surface area (Å²) >= 11 is 0. The number of carboxylic acids is 1. The molecule has 0 saturated heterocycles. The van der Waals surface area contributed by atoms with Gasteiger partial charge in [-0.15, -0.1) is 0 Å². The summed E-state index contributed by atoms with van der Waals surface area (Å²) in [5, 5.41) is 8.66. The molecular formula is C17H17NO3. The number of ether oxygens (including phenoxy) is 1. The van der Waals surface area contributed by atoms with Crippen molar-refractivity contribution in [1.82, 2.24) is 4.98 Å². The average Bonchev–Trinajstić information content (AvgIpc) is 2.45. The highest BCUT2D eigenvalue weighted by molar-refractivity contribution is 5.85. The van der Waals surface area contributed by atoms with Crippen molar-refractivity contribution >= 4 is 12.0 Å². The molecule has 1 heterocycles. The summed E-state index contributed by atoms with van der Waals surface area (Å²) < 4.78 is 5.83. The van der Waals surface area contributed by atoms with E-state index in [0.29, 0.717) is 6.61 Å². The Morgan fingerprint density at radius 1 is 1.29 bits per heavy atom. The van der Waals surface area contributed by atoms with Gasteiger partial charge in [0.15, 0.2) is 0 Å². The average molecular weight is 283 g/mol. The third-order valence-corrected chi connectivity index (χ3v) is 2.99. The summed E-state index contributed by atoms with van der Waals surface area (Å²) in [6.07, 6.45) is 4.44. The zero-order valence-electron chi connectivity index (χ0n) is 12.0. The molecule has 0 amide bonds. The van der Waals surface area contributed by atoms with Gasteiger partial charge in [0.1, 0.15) is 12.4 Å². The number of aromatic nitrogens is 1. The number of hydrogen-bond acceptors (Lipinski definition) is 3. The van der Waals surface area contributed by atoms with Gasteiger partial charge in [-0.25, -0.2) is 4.79 Å². The number of carbonyl (C=O) groups is 1. The van der Waals surface area contributed by atoms with E-state index < -0.39 is 5.97 Å². The van der Waals surface area contributed by atoms with Gasteiger partial charge in [-0.2, -0.15) is 0 Å². The molecule has 0 spiro atoms. The quantitative estimate of drug-likeness (QED) is 0.855. The lowest BCUT2D eigenvalue weighted by molar-refractivity contribution is -0.131. The normalized spacial score (nSPS) is 10.8. The van der Waals surface area contributed by atoms with Crippen LogP contribution in [-0.2, 0) is 11.4 Å². The topological polar surface area (TPSA) is 59.4 Å². The lowest BCUT2D eigenvalue weighted by Gasteiger charge is -2.13. The van der Waals surface area contributed by atoms with Crippen LogP contribution < -0.4 is 4.74 Å². The molecule has 0 radical (unpaired) electrons. The number of benzene rings is 1. The number of aryl methyl sites for hydroxylation is 2. The van der Waals surface area contributed by atoms with Crippen molar-refractivity contribution in [2.24, 2.45) is 0 Å². The van der Waals surface area contributed by atoms with E-state index in [0.717, 1.165) is 34.2 Å². The minimum atomic E-state index is -0.958. The number of aliphatic carboxylic acids is 1. The molecule has 0 bridgehead atoms. The molecule has 0 aliphatic carbocycles. The molecule has 4 heteroatoms. The van der Waals surface area contributed by atoms with Crippen LogP contribution in [0, 0.1) is 13.8 Å². The molecule has 0 aliphatic rings. The number of carboxylic acid groups (broad SMARTS) is 1. The Morgan fingerprint density at radius 2 is 2.00 bits per heavy atom. The first-order chi connectivity index (χ1) is 10.1. The maximum Gasteiger partial charge on any atom is 0.328 e. The summed E-state index contributed by atoms with van der Waals surface area (Å²) in [6, 6.07) is 9.50. The molecule has 21 heavy (non-hydrogen) atoms. The summed E-state index contributed by atoms with van der Waals surface area (Å²) in [4.78, 5) is 14.8. The standard InChI is InChI=1S/C17H17NO3/c1-12-9-14(6-7-16(19)20)10-13(2)17(12)21-11-15-5-3-4-8-18-15/h3-10H,11H2,1-2H3,(H,19,20)/b7-6+. The molecule has 0 unspecified atom stereocenters. The molecule has 0 atom stereocenters. The first-order valence-electron chi connectivity index (χ1n) is 6.61. The molecule has 108 valence electrons. The molecule has 4 nitrogen and oxygen atoms in total. The van der Waals surface area contributed by atoms with E-state index in [9.17, 15) is 4.79 Å². The lowest BCUT2D eigenvalue weighted by atomic mass is 10.1. The minimum absolute atomic E-state index is 0.410. The SMILES string of the molecule is Cc1cc(/C=C/C(=O)O)cc(C)c1OCc1ccccn1. The highest BCUT2D eigenvalue weighted by Gasteiger charge is 2.06. The maximum atomic E-state index is 10.6. The van der Waals surface area contributed by atoms with Crippen molar-refractivity contribution in [3.63, 3.8) is 0 Å². The first-order valence-corrected chi connectivity index (χ1v) is 6.61. The van der Waals surface area contributed by atoms with E-state index in [1.807, 2.05) is 44.2 Å². The molecule has 1 aromatic carbocycles. The van der Waals surface area contributed by atoms with Crippen molar-refractivity contribution in [3.8, 4) is 5.75 Å². The van der Waals surface area contributed by atoms with Gasteiger partial charge in [0.05, 0.1) is 5.69 Å². The van der Waals surface area contributed by atoms with Crippen molar-refractivity contribution in [2.45, 2.75) is 20.5 Å². The highest BCUT2D eigenvalue weighted by Crippen LogP contribution is 2.26. The number of pyridine rings is 1. The van der Waals surface area contributed by atoms with Crippen LogP contribution in [-0.4, -0.2) is 16.1 Å². The molecule has 0 saturated carbocycles. The second-order valence-electron chi connectivity index (χ2n) is 4.77. The summed E-state index contributed by atoms with van der Waals surface area (Å²) in [7, 11) is 0. The Labute approximate surface area is 123 Å². The van der Waals surface area contributed by atoms with Gasteiger partial charge in [0, 0.05) is 12.3 Å². The van der Waals surface area contributed by atoms with Crippen molar-refractivity contribution in [1.29, 1.82) is 0 Å². The Balaban J connectivity index is 2.15. The van der Waals surface area contributed by atoms with Crippen LogP contribution in [0.1, 0.15) is 22.4 Å². The zero-order chi connectivity index (χ0) is 15.2. The molecular weight excluding hydrogens is 266 g/mol. The van der Waals surface area contributed by atoms with Gasteiger partial charge >= 0.3 is 5.97 Å². The molecule has 2 aromatic rings. The van der Waals surface area contributed by atoms with E-state index in [1.54, 1.807) is 12.3 Å². The number of nitrogens with zero attached hydrogens (tertiary/aromatic N) is 1. The Hall–Kier alpha value is -2.62. The lowest BCUT2D eigenvalue weighted by Crippen LogP contribution is -2.01. The van der Waals surface area contributed by atoms with Gasteiger partial charge in [-0.1, -0.05) is 6.07 Å². The smallest absolute Gasteiger partial charge is 0.328 e. The first kappa shape index (κ1) is 14.8. The van der Waals surface area contributed by atoms with Crippen LogP contribution in [0.15, 0.2) is 42.6 Å². The van der Waals surface area contributed by atoms with Crippen LogP contribution in [0.4, 0.5) is 0 Å².